The number of benzene rings is 2. The lowest BCUT2D eigenvalue weighted by Crippen LogP contribution is -2.33. The molecule has 1 aliphatic carbocycles. The van der Waals surface area contributed by atoms with Crippen molar-refractivity contribution < 1.29 is 22.6 Å². The molecule has 162 valence electrons. The molecule has 0 aliphatic heterocycles. The van der Waals surface area contributed by atoms with Crippen molar-refractivity contribution in [2.45, 2.75) is 64.3 Å². The summed E-state index contributed by atoms with van der Waals surface area (Å²) in [6.45, 7) is 8.45. The fourth-order valence-electron chi connectivity index (χ4n) is 4.15. The number of methoxy groups -OCH3 is 1. The van der Waals surface area contributed by atoms with Crippen molar-refractivity contribution in [1.29, 1.82) is 0 Å². The lowest BCUT2D eigenvalue weighted by molar-refractivity contribution is -0.274. The third kappa shape index (κ3) is 4.30. The molecule has 0 spiro atoms. The minimum absolute atomic E-state index is 0.0781. The van der Waals surface area contributed by atoms with Crippen LogP contribution in [0.5, 0.6) is 11.5 Å². The van der Waals surface area contributed by atoms with E-state index in [0.29, 0.717) is 16.9 Å². The van der Waals surface area contributed by atoms with Crippen LogP contribution < -0.4 is 9.47 Å². The zero-order valence-electron chi connectivity index (χ0n) is 17.8. The number of nitroso groups, excluding NO2 is 1. The average molecular weight is 421 g/mol. The summed E-state index contributed by atoms with van der Waals surface area (Å²) in [5, 5.41) is 2.86. The molecular formula is C23H26F3NO3. The number of hydrogen-bond acceptors (Lipinski definition) is 4. The van der Waals surface area contributed by atoms with Gasteiger partial charge in [-0.15, -0.1) is 13.2 Å². The first-order valence-corrected chi connectivity index (χ1v) is 9.79. The summed E-state index contributed by atoms with van der Waals surface area (Å²) >= 11 is 0. The van der Waals surface area contributed by atoms with Gasteiger partial charge in [0.1, 0.15) is 18.0 Å². The zero-order chi connectivity index (χ0) is 22.3. The summed E-state index contributed by atoms with van der Waals surface area (Å²) in [5.41, 5.74) is 3.19. The van der Waals surface area contributed by atoms with Gasteiger partial charge in [0, 0.05) is 11.1 Å². The van der Waals surface area contributed by atoms with Crippen LogP contribution >= 0.6 is 0 Å². The van der Waals surface area contributed by atoms with Crippen LogP contribution in [0.4, 0.5) is 13.2 Å². The Hall–Kier alpha value is -2.57. The Morgan fingerprint density at radius 2 is 1.50 bits per heavy atom. The first-order valence-electron chi connectivity index (χ1n) is 9.79. The van der Waals surface area contributed by atoms with Crippen molar-refractivity contribution in [1.82, 2.24) is 0 Å². The van der Waals surface area contributed by atoms with Crippen LogP contribution in [0.3, 0.4) is 0 Å². The van der Waals surface area contributed by atoms with Crippen molar-refractivity contribution in [3.8, 4) is 22.6 Å². The van der Waals surface area contributed by atoms with Gasteiger partial charge in [0.15, 0.2) is 0 Å². The zero-order valence-corrected chi connectivity index (χ0v) is 17.8. The summed E-state index contributed by atoms with van der Waals surface area (Å²) in [4.78, 5) is 10.7. The normalized spacial score (nSPS) is 17.2. The molecule has 0 radical (unpaired) electrons. The van der Waals surface area contributed by atoms with Gasteiger partial charge in [-0.25, -0.2) is 0 Å². The second kappa shape index (κ2) is 7.60. The van der Waals surface area contributed by atoms with E-state index in [1.807, 2.05) is 12.1 Å². The first kappa shape index (κ1) is 22.1. The maximum absolute atomic E-state index is 13.0. The third-order valence-electron chi connectivity index (χ3n) is 5.98. The SMILES string of the molecule is COc1cc2c(cc1-c1cc(CN=O)ccc1OC(F)(F)F)C(C)(C)CCC2(C)C. The molecule has 1 aliphatic rings. The second-order valence-corrected chi connectivity index (χ2v) is 9.03. The van der Waals surface area contributed by atoms with E-state index in [1.165, 1.54) is 25.3 Å². The highest BCUT2D eigenvalue weighted by Gasteiger charge is 2.38. The number of nitrogens with zero attached hydrogens (tertiary/aromatic N) is 1. The molecule has 2 aromatic rings. The Morgan fingerprint density at radius 3 is 2.03 bits per heavy atom. The van der Waals surface area contributed by atoms with Crippen molar-refractivity contribution in [2.24, 2.45) is 5.18 Å². The van der Waals surface area contributed by atoms with Gasteiger partial charge in [-0.2, -0.15) is 4.91 Å². The molecule has 0 unspecified atom stereocenters. The van der Waals surface area contributed by atoms with Gasteiger partial charge in [0.2, 0.25) is 0 Å². The van der Waals surface area contributed by atoms with Gasteiger partial charge in [-0.05, 0) is 64.6 Å². The molecule has 30 heavy (non-hydrogen) atoms. The molecule has 2 aromatic carbocycles. The highest BCUT2D eigenvalue weighted by molar-refractivity contribution is 5.78. The third-order valence-corrected chi connectivity index (χ3v) is 5.98. The van der Waals surface area contributed by atoms with Gasteiger partial charge in [0.25, 0.3) is 0 Å². The maximum Gasteiger partial charge on any atom is 0.573 e. The Morgan fingerprint density at radius 1 is 0.933 bits per heavy atom. The van der Waals surface area contributed by atoms with Crippen LogP contribution in [0.2, 0.25) is 0 Å². The molecule has 3 rings (SSSR count). The molecular weight excluding hydrogens is 395 g/mol. The quantitative estimate of drug-likeness (QED) is 0.495. The first-order chi connectivity index (χ1) is 13.9. The number of rotatable bonds is 5. The van der Waals surface area contributed by atoms with E-state index in [-0.39, 0.29) is 28.7 Å². The number of hydrogen-bond donors (Lipinski definition) is 0. The van der Waals surface area contributed by atoms with Crippen molar-refractivity contribution in [3.63, 3.8) is 0 Å². The number of alkyl halides is 3. The van der Waals surface area contributed by atoms with Gasteiger partial charge in [-0.1, -0.05) is 38.9 Å². The van der Waals surface area contributed by atoms with Gasteiger partial charge in [0.05, 0.1) is 7.11 Å². The Labute approximate surface area is 174 Å². The van der Waals surface area contributed by atoms with E-state index in [9.17, 15) is 18.1 Å². The fraction of sp³-hybridized carbons (Fsp3) is 0.478. The topological polar surface area (TPSA) is 47.9 Å². The standard InChI is InChI=1S/C23H26F3NO3/c1-21(2)8-9-22(3,4)18-12-20(29-5)16(11-17(18)21)15-10-14(13-27-28)6-7-19(15)30-23(24,25)26/h6-7,10-12H,8-9,13H2,1-5H3. The van der Waals surface area contributed by atoms with Crippen molar-refractivity contribution in [2.75, 3.05) is 7.11 Å². The van der Waals surface area contributed by atoms with Crippen LogP contribution in [0, 0.1) is 4.91 Å². The van der Waals surface area contributed by atoms with E-state index in [4.69, 9.17) is 4.74 Å². The molecule has 0 N–H and O–H groups in total. The predicted molar refractivity (Wildman–Crippen MR) is 110 cm³/mol. The Bertz CT molecular complexity index is 965. The molecule has 0 heterocycles. The van der Waals surface area contributed by atoms with Crippen LogP contribution in [-0.2, 0) is 17.4 Å². The molecule has 0 saturated heterocycles. The summed E-state index contributed by atoms with van der Waals surface area (Å²) in [7, 11) is 1.49. The van der Waals surface area contributed by atoms with Crippen LogP contribution in [0.15, 0.2) is 35.5 Å². The smallest absolute Gasteiger partial charge is 0.496 e. The highest BCUT2D eigenvalue weighted by atomic mass is 19.4. The van der Waals surface area contributed by atoms with E-state index in [0.717, 1.165) is 24.0 Å². The van der Waals surface area contributed by atoms with Crippen LogP contribution in [0.25, 0.3) is 11.1 Å². The largest absolute Gasteiger partial charge is 0.573 e. The molecule has 0 amide bonds. The molecule has 0 fully saturated rings. The average Bonchev–Trinajstić information content (AvgIpc) is 2.65. The minimum Gasteiger partial charge on any atom is -0.496 e. The molecule has 0 atom stereocenters. The molecule has 0 saturated carbocycles. The molecule has 0 aromatic heterocycles. The lowest BCUT2D eigenvalue weighted by Gasteiger charge is -2.42. The summed E-state index contributed by atoms with van der Waals surface area (Å²) in [5.74, 6) is 0.117. The summed E-state index contributed by atoms with van der Waals surface area (Å²) in [6, 6.07) is 7.97. The minimum atomic E-state index is -4.85. The Balaban J connectivity index is 2.29. The Kier molecular flexibility index (Phi) is 5.60. The summed E-state index contributed by atoms with van der Waals surface area (Å²) in [6.07, 6.45) is -2.89. The molecule has 4 nitrogen and oxygen atoms in total. The van der Waals surface area contributed by atoms with Crippen LogP contribution in [-0.4, -0.2) is 13.5 Å². The number of halogens is 3. The molecule has 7 heteroatoms. The predicted octanol–water partition coefficient (Wildman–Crippen LogP) is 6.88. The van der Waals surface area contributed by atoms with E-state index >= 15 is 0 Å². The lowest BCUT2D eigenvalue weighted by atomic mass is 9.62. The molecule has 0 bridgehead atoms. The van der Waals surface area contributed by atoms with E-state index in [2.05, 4.69) is 37.6 Å². The summed E-state index contributed by atoms with van der Waals surface area (Å²) < 4.78 is 49.0. The van der Waals surface area contributed by atoms with E-state index in [1.54, 1.807) is 0 Å². The van der Waals surface area contributed by atoms with Crippen LogP contribution in [0.1, 0.15) is 57.2 Å². The number of ether oxygens (including phenoxy) is 2. The van der Waals surface area contributed by atoms with Gasteiger partial charge in [-0.3, -0.25) is 0 Å². The van der Waals surface area contributed by atoms with Crippen molar-refractivity contribution >= 4 is 0 Å². The van der Waals surface area contributed by atoms with Crippen molar-refractivity contribution in [3.05, 3.63) is 51.9 Å². The maximum atomic E-state index is 13.0. The highest BCUT2D eigenvalue weighted by Crippen LogP contribution is 2.50. The second-order valence-electron chi connectivity index (χ2n) is 9.03. The fourth-order valence-corrected chi connectivity index (χ4v) is 4.15. The van der Waals surface area contributed by atoms with E-state index < -0.39 is 6.36 Å². The monoisotopic (exact) mass is 421 g/mol. The van der Waals surface area contributed by atoms with Gasteiger partial charge < -0.3 is 9.47 Å². The number of fused-ring (bicyclic) bond motifs is 1. The van der Waals surface area contributed by atoms with Gasteiger partial charge >= 0.3 is 6.36 Å².